The second kappa shape index (κ2) is 6.95. The number of pyridine rings is 1. The number of rotatable bonds is 6. The molecule has 2 aromatic rings. The Kier molecular flexibility index (Phi) is 4.54. The average Bonchev–Trinajstić information content (AvgIpc) is 3.17. The molecule has 0 radical (unpaired) electrons. The minimum Gasteiger partial charge on any atom is -0.464 e. The molecule has 1 aliphatic carbocycles. The zero-order valence-electron chi connectivity index (χ0n) is 14.2. The maximum absolute atomic E-state index is 5.96. The van der Waals surface area contributed by atoms with E-state index in [-0.39, 0.29) is 0 Å². The second-order valence-corrected chi connectivity index (χ2v) is 6.81. The van der Waals surface area contributed by atoms with E-state index in [1.54, 1.807) is 0 Å². The molecule has 128 valence electrons. The summed E-state index contributed by atoms with van der Waals surface area (Å²) in [6.45, 7) is 7.18. The smallest absolute Gasteiger partial charge is 0.133 e. The quantitative estimate of drug-likeness (QED) is 0.884. The molecule has 4 rings (SSSR count). The first-order valence-electron chi connectivity index (χ1n) is 8.87. The van der Waals surface area contributed by atoms with Crippen LogP contribution < -0.4 is 10.2 Å². The van der Waals surface area contributed by atoms with Gasteiger partial charge in [0.15, 0.2) is 0 Å². The molecule has 1 saturated carbocycles. The van der Waals surface area contributed by atoms with Crippen LogP contribution in [0.15, 0.2) is 34.9 Å². The Balaban J connectivity index is 1.35. The molecule has 0 bridgehead atoms. The highest BCUT2D eigenvalue weighted by atomic mass is 16.5. The summed E-state index contributed by atoms with van der Waals surface area (Å²) in [5.74, 6) is 4.66. The Morgan fingerprint density at radius 3 is 2.83 bits per heavy atom. The van der Waals surface area contributed by atoms with Crippen LogP contribution in [-0.2, 0) is 17.8 Å². The Bertz CT molecular complexity index is 679. The standard InChI is InChI=1S/C19H25N3O2/c1-14-11-17(14)18-5-4-16(24-18)13-20-12-15-3-2-6-21-19(15)22-7-9-23-10-8-22/h2-6,14,17,20H,7-13H2,1H3. The van der Waals surface area contributed by atoms with Crippen LogP contribution >= 0.6 is 0 Å². The number of nitrogens with zero attached hydrogens (tertiary/aromatic N) is 2. The van der Waals surface area contributed by atoms with Gasteiger partial charge < -0.3 is 19.4 Å². The van der Waals surface area contributed by atoms with Crippen molar-refractivity contribution in [3.63, 3.8) is 0 Å². The average molecular weight is 327 g/mol. The summed E-state index contributed by atoms with van der Waals surface area (Å²) in [4.78, 5) is 6.88. The van der Waals surface area contributed by atoms with E-state index in [0.717, 1.165) is 62.6 Å². The number of hydrogen-bond acceptors (Lipinski definition) is 5. The molecule has 2 atom stereocenters. The lowest BCUT2D eigenvalue weighted by atomic mass is 10.2. The first kappa shape index (κ1) is 15.7. The molecule has 2 aromatic heterocycles. The molecule has 2 aliphatic rings. The van der Waals surface area contributed by atoms with E-state index >= 15 is 0 Å². The van der Waals surface area contributed by atoms with Gasteiger partial charge in [0.25, 0.3) is 0 Å². The van der Waals surface area contributed by atoms with Crippen molar-refractivity contribution < 1.29 is 9.15 Å². The van der Waals surface area contributed by atoms with Crippen molar-refractivity contribution in [2.24, 2.45) is 5.92 Å². The number of hydrogen-bond donors (Lipinski definition) is 1. The van der Waals surface area contributed by atoms with Crippen LogP contribution in [0.25, 0.3) is 0 Å². The molecule has 0 amide bonds. The molecule has 2 unspecified atom stereocenters. The van der Waals surface area contributed by atoms with Crippen LogP contribution in [0.3, 0.4) is 0 Å². The maximum Gasteiger partial charge on any atom is 0.133 e. The number of morpholine rings is 1. The molecular weight excluding hydrogens is 302 g/mol. The molecular formula is C19H25N3O2. The molecule has 3 heterocycles. The van der Waals surface area contributed by atoms with E-state index in [4.69, 9.17) is 9.15 Å². The van der Waals surface area contributed by atoms with Gasteiger partial charge in [-0.05, 0) is 30.5 Å². The number of nitrogens with one attached hydrogen (secondary N) is 1. The Hall–Kier alpha value is -1.85. The van der Waals surface area contributed by atoms with E-state index in [0.29, 0.717) is 5.92 Å². The van der Waals surface area contributed by atoms with Gasteiger partial charge >= 0.3 is 0 Å². The van der Waals surface area contributed by atoms with Gasteiger partial charge in [-0.2, -0.15) is 0 Å². The monoisotopic (exact) mass is 327 g/mol. The highest BCUT2D eigenvalue weighted by molar-refractivity contribution is 5.47. The zero-order valence-corrected chi connectivity index (χ0v) is 14.2. The Morgan fingerprint density at radius 2 is 2.04 bits per heavy atom. The predicted octanol–water partition coefficient (Wildman–Crippen LogP) is 2.92. The van der Waals surface area contributed by atoms with Crippen LogP contribution in [-0.4, -0.2) is 31.3 Å². The van der Waals surface area contributed by atoms with Gasteiger partial charge in [-0.25, -0.2) is 4.98 Å². The predicted molar refractivity (Wildman–Crippen MR) is 93.0 cm³/mol. The van der Waals surface area contributed by atoms with E-state index in [2.05, 4.69) is 40.3 Å². The lowest BCUT2D eigenvalue weighted by Gasteiger charge is -2.29. The second-order valence-electron chi connectivity index (χ2n) is 6.81. The SMILES string of the molecule is CC1CC1c1ccc(CNCc2cccnc2N2CCOCC2)o1. The fourth-order valence-corrected chi connectivity index (χ4v) is 3.36. The van der Waals surface area contributed by atoms with Gasteiger partial charge in [0.1, 0.15) is 17.3 Å². The highest BCUT2D eigenvalue weighted by Crippen LogP contribution is 2.47. The minimum atomic E-state index is 0.644. The van der Waals surface area contributed by atoms with Crippen molar-refractivity contribution in [2.45, 2.75) is 32.4 Å². The lowest BCUT2D eigenvalue weighted by Crippen LogP contribution is -2.37. The van der Waals surface area contributed by atoms with E-state index < -0.39 is 0 Å². The molecule has 24 heavy (non-hydrogen) atoms. The molecule has 0 spiro atoms. The molecule has 1 aliphatic heterocycles. The number of furan rings is 1. The lowest BCUT2D eigenvalue weighted by molar-refractivity contribution is 0.122. The summed E-state index contributed by atoms with van der Waals surface area (Å²) >= 11 is 0. The van der Waals surface area contributed by atoms with Crippen LogP contribution in [0.2, 0.25) is 0 Å². The normalized spacial score (nSPS) is 23.5. The van der Waals surface area contributed by atoms with Crippen molar-refractivity contribution in [2.75, 3.05) is 31.2 Å². The third-order valence-electron chi connectivity index (χ3n) is 4.95. The summed E-state index contributed by atoms with van der Waals surface area (Å²) in [5, 5.41) is 3.49. The third-order valence-corrected chi connectivity index (χ3v) is 4.95. The van der Waals surface area contributed by atoms with Crippen molar-refractivity contribution in [1.82, 2.24) is 10.3 Å². The third kappa shape index (κ3) is 3.47. The van der Waals surface area contributed by atoms with Gasteiger partial charge in [0.05, 0.1) is 19.8 Å². The van der Waals surface area contributed by atoms with Crippen molar-refractivity contribution in [3.8, 4) is 0 Å². The highest BCUT2D eigenvalue weighted by Gasteiger charge is 2.36. The van der Waals surface area contributed by atoms with Gasteiger partial charge in [-0.15, -0.1) is 0 Å². The van der Waals surface area contributed by atoms with E-state index in [1.807, 2.05) is 12.3 Å². The van der Waals surface area contributed by atoms with Crippen LogP contribution in [0, 0.1) is 5.92 Å². The van der Waals surface area contributed by atoms with Crippen LogP contribution in [0.1, 0.15) is 36.3 Å². The van der Waals surface area contributed by atoms with Crippen LogP contribution in [0.4, 0.5) is 5.82 Å². The molecule has 5 nitrogen and oxygen atoms in total. The molecule has 0 aromatic carbocycles. The topological polar surface area (TPSA) is 50.5 Å². The fourth-order valence-electron chi connectivity index (χ4n) is 3.36. The summed E-state index contributed by atoms with van der Waals surface area (Å²) in [5.41, 5.74) is 1.22. The fraction of sp³-hybridized carbons (Fsp3) is 0.526. The molecule has 2 fully saturated rings. The summed E-state index contributed by atoms with van der Waals surface area (Å²) in [7, 11) is 0. The summed E-state index contributed by atoms with van der Waals surface area (Å²) < 4.78 is 11.4. The van der Waals surface area contributed by atoms with Crippen molar-refractivity contribution >= 4 is 5.82 Å². The van der Waals surface area contributed by atoms with Gasteiger partial charge in [0.2, 0.25) is 0 Å². The maximum atomic E-state index is 5.96. The van der Waals surface area contributed by atoms with Gasteiger partial charge in [-0.3, -0.25) is 0 Å². The Morgan fingerprint density at radius 1 is 1.21 bits per heavy atom. The van der Waals surface area contributed by atoms with E-state index in [1.165, 1.54) is 12.0 Å². The van der Waals surface area contributed by atoms with Crippen LogP contribution in [0.5, 0.6) is 0 Å². The van der Waals surface area contributed by atoms with Gasteiger partial charge in [0, 0.05) is 37.3 Å². The summed E-state index contributed by atoms with van der Waals surface area (Å²) in [6.07, 6.45) is 3.13. The number of ether oxygens (including phenoxy) is 1. The zero-order chi connectivity index (χ0) is 16.4. The Labute approximate surface area is 143 Å². The molecule has 1 saturated heterocycles. The van der Waals surface area contributed by atoms with Crippen molar-refractivity contribution in [1.29, 1.82) is 0 Å². The van der Waals surface area contributed by atoms with Crippen molar-refractivity contribution in [3.05, 3.63) is 47.5 Å². The summed E-state index contributed by atoms with van der Waals surface area (Å²) in [6, 6.07) is 8.37. The van der Waals surface area contributed by atoms with Gasteiger partial charge in [-0.1, -0.05) is 13.0 Å². The first-order chi connectivity index (χ1) is 11.8. The molecule has 5 heteroatoms. The van der Waals surface area contributed by atoms with E-state index in [9.17, 15) is 0 Å². The first-order valence-corrected chi connectivity index (χ1v) is 8.87. The minimum absolute atomic E-state index is 0.644. The molecule has 1 N–H and O–H groups in total. The largest absolute Gasteiger partial charge is 0.464 e. The number of aromatic nitrogens is 1. The number of anilines is 1.